The van der Waals surface area contributed by atoms with Crippen molar-refractivity contribution in [2.75, 3.05) is 19.6 Å². The highest BCUT2D eigenvalue weighted by Crippen LogP contribution is 2.65. The zero-order valence-electron chi connectivity index (χ0n) is 24.4. The number of piperidine rings is 1. The molecule has 2 aliphatic carbocycles. The van der Waals surface area contributed by atoms with Crippen molar-refractivity contribution in [1.82, 2.24) is 9.80 Å². The molecule has 0 aromatic heterocycles. The van der Waals surface area contributed by atoms with Crippen LogP contribution in [0.2, 0.25) is 0 Å². The van der Waals surface area contributed by atoms with Gasteiger partial charge in [-0.25, -0.2) is 0 Å². The zero-order valence-corrected chi connectivity index (χ0v) is 24.4. The first kappa shape index (κ1) is 29.8. The fraction of sp³-hybridized carbons (Fsp3) is 0.500. The van der Waals surface area contributed by atoms with Crippen molar-refractivity contribution in [2.24, 2.45) is 0 Å². The molecule has 1 amide bonds. The molecule has 2 fully saturated rings. The third-order valence-corrected chi connectivity index (χ3v) is 10.2. The SMILES string of the molecule is C=CCN1CC[C@]23c4c5ccc(O)c4O[C@H]2[C@@H](N(CCCCC)C(=O)C=Cc2cccc(C(F)(F)F)c2)CC[C@@]3(O)[C@H]1C5. The van der Waals surface area contributed by atoms with Crippen LogP contribution in [0.15, 0.2) is 55.1 Å². The van der Waals surface area contributed by atoms with Crippen molar-refractivity contribution in [3.05, 3.63) is 77.4 Å². The second kappa shape index (κ2) is 11.0. The van der Waals surface area contributed by atoms with E-state index in [1.54, 1.807) is 17.0 Å². The first-order valence-corrected chi connectivity index (χ1v) is 15.3. The van der Waals surface area contributed by atoms with E-state index >= 15 is 0 Å². The summed E-state index contributed by atoms with van der Waals surface area (Å²) in [4.78, 5) is 18.0. The molecule has 6 nitrogen and oxygen atoms in total. The number of hydrogen-bond donors (Lipinski definition) is 2. The molecule has 0 unspecified atom stereocenters. The quantitative estimate of drug-likeness (QED) is 0.216. The van der Waals surface area contributed by atoms with E-state index in [-0.39, 0.29) is 29.3 Å². The van der Waals surface area contributed by atoms with Crippen molar-refractivity contribution in [3.8, 4) is 11.5 Å². The molecular weight excluding hydrogens is 557 g/mol. The van der Waals surface area contributed by atoms with Gasteiger partial charge in [0.25, 0.3) is 0 Å². The van der Waals surface area contributed by atoms with Gasteiger partial charge in [0.05, 0.1) is 22.6 Å². The number of rotatable bonds is 9. The Balaban J connectivity index is 1.38. The lowest BCUT2D eigenvalue weighted by molar-refractivity contribution is -0.199. The van der Waals surface area contributed by atoms with Crippen LogP contribution in [0.5, 0.6) is 11.5 Å². The summed E-state index contributed by atoms with van der Waals surface area (Å²) in [6.45, 7) is 7.84. The fourth-order valence-electron chi connectivity index (χ4n) is 8.36. The molecule has 2 N–H and O–H groups in total. The molecule has 0 radical (unpaired) electrons. The van der Waals surface area contributed by atoms with Crippen LogP contribution in [-0.2, 0) is 22.8 Å². The number of ether oxygens (including phenoxy) is 1. The van der Waals surface area contributed by atoms with Crippen LogP contribution in [0.4, 0.5) is 13.2 Å². The number of alkyl halides is 3. The molecule has 9 heteroatoms. The molecule has 43 heavy (non-hydrogen) atoms. The van der Waals surface area contributed by atoms with Crippen molar-refractivity contribution >= 4 is 12.0 Å². The highest BCUT2D eigenvalue weighted by atomic mass is 19.4. The Bertz CT molecular complexity index is 1440. The monoisotopic (exact) mass is 596 g/mol. The predicted octanol–water partition coefficient (Wildman–Crippen LogP) is 5.85. The van der Waals surface area contributed by atoms with Gasteiger partial charge in [-0.2, -0.15) is 13.2 Å². The number of halogens is 3. The van der Waals surface area contributed by atoms with E-state index in [9.17, 15) is 28.2 Å². The summed E-state index contributed by atoms with van der Waals surface area (Å²) < 4.78 is 46.5. The smallest absolute Gasteiger partial charge is 0.416 e. The van der Waals surface area contributed by atoms with Gasteiger partial charge in [-0.3, -0.25) is 9.69 Å². The molecule has 1 saturated heterocycles. The van der Waals surface area contributed by atoms with Crippen LogP contribution in [-0.4, -0.2) is 69.3 Å². The summed E-state index contributed by atoms with van der Waals surface area (Å²) in [5, 5.41) is 23.6. The first-order valence-electron chi connectivity index (χ1n) is 15.3. The van der Waals surface area contributed by atoms with Crippen molar-refractivity contribution in [3.63, 3.8) is 0 Å². The largest absolute Gasteiger partial charge is 0.504 e. The summed E-state index contributed by atoms with van der Waals surface area (Å²) in [5.41, 5.74) is -0.471. The molecule has 6 rings (SSSR count). The minimum atomic E-state index is -4.48. The lowest BCUT2D eigenvalue weighted by atomic mass is 9.48. The third-order valence-electron chi connectivity index (χ3n) is 10.2. The number of aromatic hydroxyl groups is 1. The summed E-state index contributed by atoms with van der Waals surface area (Å²) in [5.74, 6) is 0.133. The molecule has 2 aromatic carbocycles. The molecule has 5 atom stereocenters. The van der Waals surface area contributed by atoms with Crippen LogP contribution in [0, 0.1) is 0 Å². The van der Waals surface area contributed by atoms with E-state index in [4.69, 9.17) is 4.74 Å². The number of aliphatic hydroxyl groups is 1. The molecule has 1 saturated carbocycles. The van der Waals surface area contributed by atoms with E-state index in [2.05, 4.69) is 18.4 Å². The molecule has 2 heterocycles. The van der Waals surface area contributed by atoms with Gasteiger partial charge in [0, 0.05) is 30.8 Å². The average Bonchev–Trinajstić information content (AvgIpc) is 3.33. The highest BCUT2D eigenvalue weighted by molar-refractivity contribution is 5.92. The summed E-state index contributed by atoms with van der Waals surface area (Å²) in [6.07, 6.45) is 4.42. The van der Waals surface area contributed by atoms with Gasteiger partial charge < -0.3 is 19.8 Å². The number of carbonyl (C=O) groups is 1. The Morgan fingerprint density at radius 1 is 1.23 bits per heavy atom. The van der Waals surface area contributed by atoms with Crippen molar-refractivity contribution in [1.29, 1.82) is 0 Å². The van der Waals surface area contributed by atoms with Crippen molar-refractivity contribution in [2.45, 2.75) is 87.2 Å². The minimum absolute atomic E-state index is 0.0314. The molecular formula is C34H39F3N2O4. The van der Waals surface area contributed by atoms with Gasteiger partial charge >= 0.3 is 6.18 Å². The Labute approximate surface area is 250 Å². The Hall–Kier alpha value is -3.30. The van der Waals surface area contributed by atoms with Gasteiger partial charge in [0.1, 0.15) is 6.10 Å². The molecule has 230 valence electrons. The Morgan fingerprint density at radius 3 is 2.79 bits per heavy atom. The molecule has 2 aliphatic heterocycles. The first-order chi connectivity index (χ1) is 20.5. The molecule has 4 aliphatic rings. The number of hydrogen-bond acceptors (Lipinski definition) is 5. The topological polar surface area (TPSA) is 73.2 Å². The number of unbranched alkanes of at least 4 members (excludes halogenated alkanes) is 2. The lowest BCUT2D eigenvalue weighted by Gasteiger charge is -2.64. The van der Waals surface area contributed by atoms with Crippen LogP contribution in [0.3, 0.4) is 0 Å². The minimum Gasteiger partial charge on any atom is -0.504 e. The molecule has 1 spiro atoms. The number of benzene rings is 2. The van der Waals surface area contributed by atoms with Crippen LogP contribution in [0.25, 0.3) is 6.08 Å². The number of phenolic OH excluding ortho intramolecular Hbond substituents is 1. The number of amides is 1. The van der Waals surface area contributed by atoms with E-state index < -0.39 is 28.9 Å². The fourth-order valence-corrected chi connectivity index (χ4v) is 8.36. The van der Waals surface area contributed by atoms with Gasteiger partial charge in [0.2, 0.25) is 5.91 Å². The highest BCUT2D eigenvalue weighted by Gasteiger charge is 2.73. The van der Waals surface area contributed by atoms with Crippen molar-refractivity contribution < 1.29 is 32.9 Å². The van der Waals surface area contributed by atoms with E-state index in [0.29, 0.717) is 44.5 Å². The van der Waals surface area contributed by atoms with Crippen LogP contribution < -0.4 is 4.74 Å². The lowest BCUT2D eigenvalue weighted by Crippen LogP contribution is -2.78. The van der Waals surface area contributed by atoms with Gasteiger partial charge in [0.15, 0.2) is 11.5 Å². The molecule has 2 bridgehead atoms. The van der Waals surface area contributed by atoms with Crippen LogP contribution in [0.1, 0.15) is 67.7 Å². The van der Waals surface area contributed by atoms with E-state index in [0.717, 1.165) is 49.1 Å². The number of phenols is 1. The molecule has 2 aromatic rings. The van der Waals surface area contributed by atoms with Crippen LogP contribution >= 0.6 is 0 Å². The Morgan fingerprint density at radius 2 is 2.05 bits per heavy atom. The van der Waals surface area contributed by atoms with E-state index in [1.165, 1.54) is 18.2 Å². The summed E-state index contributed by atoms with van der Waals surface area (Å²) in [7, 11) is 0. The average molecular weight is 597 g/mol. The summed E-state index contributed by atoms with van der Waals surface area (Å²) >= 11 is 0. The predicted molar refractivity (Wildman–Crippen MR) is 158 cm³/mol. The maximum absolute atomic E-state index is 13.9. The number of carbonyl (C=O) groups excluding carboxylic acids is 1. The normalized spacial score (nSPS) is 29.3. The second-order valence-electron chi connectivity index (χ2n) is 12.4. The number of nitrogens with zero attached hydrogens (tertiary/aromatic N) is 2. The van der Waals surface area contributed by atoms with E-state index in [1.807, 2.05) is 12.1 Å². The Kier molecular flexibility index (Phi) is 7.62. The van der Waals surface area contributed by atoms with Gasteiger partial charge in [-0.1, -0.05) is 44.0 Å². The standard InChI is InChI=1S/C34H39F3N2O4/c1-3-5-6-18-39(28(41)13-10-22-8-7-9-24(20-22)34(35,36)37)25-14-15-33(42)27-21-23-11-12-26(40)30-29(23)32(33,31(25)43-30)16-19-38(27)17-4-2/h4,7-13,20,25,27,31,40,42H,2-3,5-6,14-19,21H2,1H3/t25-,27+,31-,32-,33+/m0/s1. The van der Waals surface area contributed by atoms with Gasteiger partial charge in [-0.15, -0.1) is 6.58 Å². The summed E-state index contributed by atoms with van der Waals surface area (Å²) in [6, 6.07) is 7.95. The third kappa shape index (κ3) is 4.67. The zero-order chi connectivity index (χ0) is 30.6. The maximum atomic E-state index is 13.9. The maximum Gasteiger partial charge on any atom is 0.416 e. The number of likely N-dealkylation sites (tertiary alicyclic amines) is 1. The second-order valence-corrected chi connectivity index (χ2v) is 12.4. The van der Waals surface area contributed by atoms with Gasteiger partial charge in [-0.05, 0) is 74.1 Å².